The Balaban J connectivity index is 1.71. The number of halogens is 2. The Morgan fingerprint density at radius 1 is 1.22 bits per heavy atom. The van der Waals surface area contributed by atoms with E-state index in [1.807, 2.05) is 0 Å². The lowest BCUT2D eigenvalue weighted by Crippen LogP contribution is -2.21. The van der Waals surface area contributed by atoms with Gasteiger partial charge >= 0.3 is 0 Å². The molecule has 1 aliphatic rings. The monoisotopic (exact) mass is 373 g/mol. The van der Waals surface area contributed by atoms with Crippen molar-refractivity contribution in [3.05, 3.63) is 34.4 Å². The SMILES string of the molecule is O=S1(=O)CCC(Nc2cnnc(Nc3ccc(Cl)c(Cl)c3)n2)C1. The van der Waals surface area contributed by atoms with Crippen molar-refractivity contribution in [2.75, 3.05) is 22.1 Å². The Kier molecular flexibility index (Phi) is 4.56. The zero-order valence-electron chi connectivity index (χ0n) is 11.8. The summed E-state index contributed by atoms with van der Waals surface area (Å²) in [4.78, 5) is 4.26. The summed E-state index contributed by atoms with van der Waals surface area (Å²) in [6.45, 7) is 0. The molecule has 23 heavy (non-hydrogen) atoms. The van der Waals surface area contributed by atoms with Gasteiger partial charge in [0.15, 0.2) is 15.7 Å². The molecule has 10 heteroatoms. The highest BCUT2D eigenvalue weighted by Crippen LogP contribution is 2.26. The van der Waals surface area contributed by atoms with Crippen LogP contribution in [-0.4, -0.2) is 41.1 Å². The minimum atomic E-state index is -2.95. The van der Waals surface area contributed by atoms with Crippen LogP contribution >= 0.6 is 23.2 Å². The smallest absolute Gasteiger partial charge is 0.249 e. The summed E-state index contributed by atoms with van der Waals surface area (Å²) in [6, 6.07) is 4.89. The number of anilines is 3. The zero-order chi connectivity index (χ0) is 16.4. The van der Waals surface area contributed by atoms with E-state index in [2.05, 4.69) is 25.8 Å². The van der Waals surface area contributed by atoms with Crippen LogP contribution in [0.5, 0.6) is 0 Å². The van der Waals surface area contributed by atoms with Crippen molar-refractivity contribution in [3.63, 3.8) is 0 Å². The van der Waals surface area contributed by atoms with Gasteiger partial charge in [0, 0.05) is 11.7 Å². The lowest BCUT2D eigenvalue weighted by atomic mass is 10.3. The number of aromatic nitrogens is 3. The number of hydrogen-bond acceptors (Lipinski definition) is 7. The Labute approximate surface area is 143 Å². The molecule has 1 aliphatic heterocycles. The van der Waals surface area contributed by atoms with E-state index in [0.29, 0.717) is 28.0 Å². The minimum absolute atomic E-state index is 0.104. The molecule has 1 aromatic heterocycles. The highest BCUT2D eigenvalue weighted by molar-refractivity contribution is 7.91. The van der Waals surface area contributed by atoms with Crippen LogP contribution in [-0.2, 0) is 9.84 Å². The molecule has 0 aliphatic carbocycles. The van der Waals surface area contributed by atoms with Gasteiger partial charge in [0.1, 0.15) is 0 Å². The molecule has 1 aromatic carbocycles. The summed E-state index contributed by atoms with van der Waals surface area (Å²) in [6.07, 6.45) is 2.01. The van der Waals surface area contributed by atoms with E-state index in [1.54, 1.807) is 18.2 Å². The van der Waals surface area contributed by atoms with E-state index in [-0.39, 0.29) is 23.5 Å². The molecule has 1 unspecified atom stereocenters. The predicted molar refractivity (Wildman–Crippen MR) is 90.3 cm³/mol. The van der Waals surface area contributed by atoms with Crippen LogP contribution in [0.15, 0.2) is 24.4 Å². The van der Waals surface area contributed by atoms with Crippen molar-refractivity contribution in [2.45, 2.75) is 12.5 Å². The van der Waals surface area contributed by atoms with Gasteiger partial charge in [-0.3, -0.25) is 0 Å². The molecule has 1 fully saturated rings. The first kappa shape index (κ1) is 16.2. The second kappa shape index (κ2) is 6.46. The normalized spacial score (nSPS) is 19.5. The molecule has 0 radical (unpaired) electrons. The van der Waals surface area contributed by atoms with E-state index >= 15 is 0 Å². The molecular formula is C13H13Cl2N5O2S. The molecule has 2 aromatic rings. The Morgan fingerprint density at radius 2 is 2.04 bits per heavy atom. The molecule has 1 atom stereocenters. The molecule has 122 valence electrons. The molecule has 0 spiro atoms. The Bertz CT molecular complexity index is 831. The zero-order valence-corrected chi connectivity index (χ0v) is 14.2. The van der Waals surface area contributed by atoms with Gasteiger partial charge in [0.2, 0.25) is 5.95 Å². The molecule has 0 bridgehead atoms. The predicted octanol–water partition coefficient (Wildman–Crippen LogP) is 2.52. The number of hydrogen-bond donors (Lipinski definition) is 2. The highest BCUT2D eigenvalue weighted by atomic mass is 35.5. The molecule has 1 saturated heterocycles. The summed E-state index contributed by atoms with van der Waals surface area (Å²) >= 11 is 11.8. The fourth-order valence-corrected chi connectivity index (χ4v) is 4.22. The Morgan fingerprint density at radius 3 is 2.74 bits per heavy atom. The van der Waals surface area contributed by atoms with Gasteiger partial charge < -0.3 is 10.6 Å². The summed E-state index contributed by atoms with van der Waals surface area (Å²) in [7, 11) is -2.95. The van der Waals surface area contributed by atoms with Crippen LogP contribution in [0.1, 0.15) is 6.42 Å². The van der Waals surface area contributed by atoms with E-state index in [9.17, 15) is 8.42 Å². The first-order valence-corrected chi connectivity index (χ1v) is 9.38. The van der Waals surface area contributed by atoms with Crippen molar-refractivity contribution < 1.29 is 8.42 Å². The topological polar surface area (TPSA) is 96.9 Å². The number of nitrogens with zero attached hydrogens (tertiary/aromatic N) is 3. The van der Waals surface area contributed by atoms with Crippen LogP contribution in [0, 0.1) is 0 Å². The molecule has 7 nitrogen and oxygen atoms in total. The van der Waals surface area contributed by atoms with Crippen LogP contribution in [0.4, 0.5) is 17.5 Å². The lowest BCUT2D eigenvalue weighted by Gasteiger charge is -2.12. The third-order valence-corrected chi connectivity index (χ3v) is 5.83. The Hall–Kier alpha value is -1.64. The number of sulfone groups is 1. The van der Waals surface area contributed by atoms with Crippen molar-refractivity contribution in [2.24, 2.45) is 0 Å². The summed E-state index contributed by atoms with van der Waals surface area (Å²) < 4.78 is 22.9. The van der Waals surface area contributed by atoms with Crippen LogP contribution < -0.4 is 10.6 Å². The van der Waals surface area contributed by atoms with Gasteiger partial charge in [-0.05, 0) is 24.6 Å². The average Bonchev–Trinajstić information content (AvgIpc) is 2.82. The maximum absolute atomic E-state index is 11.5. The van der Waals surface area contributed by atoms with Gasteiger partial charge in [0.05, 0.1) is 27.7 Å². The third-order valence-electron chi connectivity index (χ3n) is 3.32. The largest absolute Gasteiger partial charge is 0.365 e. The lowest BCUT2D eigenvalue weighted by molar-refractivity contribution is 0.602. The average molecular weight is 374 g/mol. The summed E-state index contributed by atoms with van der Waals surface area (Å²) in [5.74, 6) is 1.03. The standard InChI is InChI=1S/C13H13Cl2N5O2S/c14-10-2-1-8(5-11(10)15)18-13-19-12(6-16-20-13)17-9-3-4-23(21,22)7-9/h1-2,5-6,9H,3-4,7H2,(H2,17,18,19,20). The van der Waals surface area contributed by atoms with Gasteiger partial charge in [0.25, 0.3) is 0 Å². The van der Waals surface area contributed by atoms with E-state index < -0.39 is 9.84 Å². The second-order valence-electron chi connectivity index (χ2n) is 5.16. The van der Waals surface area contributed by atoms with Gasteiger partial charge in [-0.25, -0.2) is 8.42 Å². The molecular weight excluding hydrogens is 361 g/mol. The first-order valence-electron chi connectivity index (χ1n) is 6.80. The minimum Gasteiger partial charge on any atom is -0.365 e. The van der Waals surface area contributed by atoms with Crippen molar-refractivity contribution in [1.29, 1.82) is 0 Å². The maximum atomic E-state index is 11.5. The summed E-state index contributed by atoms with van der Waals surface area (Å²) in [5.41, 5.74) is 0.668. The van der Waals surface area contributed by atoms with Crippen molar-refractivity contribution in [1.82, 2.24) is 15.2 Å². The number of rotatable bonds is 4. The van der Waals surface area contributed by atoms with Gasteiger partial charge in [-0.2, -0.15) is 10.1 Å². The first-order chi connectivity index (χ1) is 10.9. The van der Waals surface area contributed by atoms with E-state index in [1.165, 1.54) is 6.20 Å². The molecule has 0 saturated carbocycles. The molecule has 2 N–H and O–H groups in total. The number of benzene rings is 1. The third kappa shape index (κ3) is 4.21. The van der Waals surface area contributed by atoms with E-state index in [4.69, 9.17) is 23.2 Å². The molecule has 0 amide bonds. The quantitative estimate of drug-likeness (QED) is 0.849. The van der Waals surface area contributed by atoms with Crippen LogP contribution in [0.2, 0.25) is 10.0 Å². The fourth-order valence-electron chi connectivity index (χ4n) is 2.25. The summed E-state index contributed by atoms with van der Waals surface area (Å²) in [5, 5.41) is 14.6. The van der Waals surface area contributed by atoms with Gasteiger partial charge in [-0.1, -0.05) is 23.2 Å². The van der Waals surface area contributed by atoms with Crippen molar-refractivity contribution in [3.8, 4) is 0 Å². The van der Waals surface area contributed by atoms with Crippen molar-refractivity contribution >= 4 is 50.5 Å². The second-order valence-corrected chi connectivity index (χ2v) is 8.21. The molecule has 3 rings (SSSR count). The van der Waals surface area contributed by atoms with Crippen LogP contribution in [0.3, 0.4) is 0 Å². The van der Waals surface area contributed by atoms with Gasteiger partial charge in [-0.15, -0.1) is 5.10 Å². The highest BCUT2D eigenvalue weighted by Gasteiger charge is 2.28. The van der Waals surface area contributed by atoms with E-state index in [0.717, 1.165) is 0 Å². The van der Waals surface area contributed by atoms with Crippen LogP contribution in [0.25, 0.3) is 0 Å². The number of nitrogens with one attached hydrogen (secondary N) is 2. The maximum Gasteiger partial charge on any atom is 0.249 e. The fraction of sp³-hybridized carbons (Fsp3) is 0.308. The molecule has 2 heterocycles.